The van der Waals surface area contributed by atoms with E-state index in [1.54, 1.807) is 30.3 Å². The van der Waals surface area contributed by atoms with Crippen LogP contribution >= 0.6 is 23.2 Å². The van der Waals surface area contributed by atoms with Crippen LogP contribution in [0.5, 0.6) is 5.75 Å². The van der Waals surface area contributed by atoms with Crippen molar-refractivity contribution in [2.75, 3.05) is 0 Å². The van der Waals surface area contributed by atoms with Gasteiger partial charge in [0.25, 0.3) is 0 Å². The highest BCUT2D eigenvalue weighted by atomic mass is 35.5. The Morgan fingerprint density at radius 3 is 2.59 bits per heavy atom. The van der Waals surface area contributed by atoms with E-state index in [2.05, 4.69) is 0 Å². The van der Waals surface area contributed by atoms with Gasteiger partial charge in [0.15, 0.2) is 0 Å². The van der Waals surface area contributed by atoms with Gasteiger partial charge in [0.1, 0.15) is 11.9 Å². The number of halogens is 4. The van der Waals surface area contributed by atoms with Crippen molar-refractivity contribution in [3.8, 4) is 5.75 Å². The van der Waals surface area contributed by atoms with Crippen LogP contribution in [0.25, 0.3) is 0 Å². The van der Waals surface area contributed by atoms with Crippen molar-refractivity contribution in [2.45, 2.75) is 17.9 Å². The summed E-state index contributed by atoms with van der Waals surface area (Å²) in [6.45, 7) is 0. The van der Waals surface area contributed by atoms with Gasteiger partial charge >= 0.3 is 5.38 Å². The van der Waals surface area contributed by atoms with Crippen LogP contribution in [0.4, 0.5) is 8.78 Å². The minimum Gasteiger partial charge on any atom is -0.485 e. The van der Waals surface area contributed by atoms with Gasteiger partial charge < -0.3 is 4.74 Å². The second-order valence-electron chi connectivity index (χ2n) is 4.94. The summed E-state index contributed by atoms with van der Waals surface area (Å²) >= 11 is 11.0. The first-order valence-corrected chi connectivity index (χ1v) is 7.28. The third-order valence-corrected chi connectivity index (χ3v) is 4.07. The van der Waals surface area contributed by atoms with Crippen LogP contribution in [0.1, 0.15) is 27.6 Å². The quantitative estimate of drug-likeness (QED) is 0.577. The Morgan fingerprint density at radius 1 is 1.18 bits per heavy atom. The first kappa shape index (κ1) is 15.3. The van der Waals surface area contributed by atoms with E-state index in [1.807, 2.05) is 0 Å². The van der Waals surface area contributed by atoms with Crippen molar-refractivity contribution in [1.82, 2.24) is 0 Å². The molecule has 0 fully saturated rings. The first-order chi connectivity index (χ1) is 10.4. The summed E-state index contributed by atoms with van der Waals surface area (Å²) in [4.78, 5) is 11.8. The van der Waals surface area contributed by atoms with Gasteiger partial charge in [-0.05, 0) is 23.7 Å². The van der Waals surface area contributed by atoms with Crippen molar-refractivity contribution in [1.29, 1.82) is 0 Å². The van der Waals surface area contributed by atoms with Crippen molar-refractivity contribution < 1.29 is 18.3 Å². The summed E-state index contributed by atoms with van der Waals surface area (Å²) in [5.74, 6) is -0.840. The molecule has 22 heavy (non-hydrogen) atoms. The summed E-state index contributed by atoms with van der Waals surface area (Å²) < 4.78 is 32.1. The van der Waals surface area contributed by atoms with Gasteiger partial charge in [0.2, 0.25) is 5.78 Å². The van der Waals surface area contributed by atoms with E-state index < -0.39 is 17.3 Å². The predicted molar refractivity (Wildman–Crippen MR) is 80.1 cm³/mol. The molecule has 1 heterocycles. The summed E-state index contributed by atoms with van der Waals surface area (Å²) in [6.07, 6.45) is -0.137. The van der Waals surface area contributed by atoms with Gasteiger partial charge in [-0.1, -0.05) is 41.9 Å². The number of hydrogen-bond donors (Lipinski definition) is 0. The van der Waals surface area contributed by atoms with E-state index in [0.29, 0.717) is 22.8 Å². The van der Waals surface area contributed by atoms with Gasteiger partial charge in [0, 0.05) is 28.1 Å². The molecule has 1 unspecified atom stereocenters. The standard InChI is InChI=1S/C16H10Cl2F2O2/c17-12-6-3-7-13-11(12)8-14(22-13)9-4-1-2-5-10(9)15(21)16(18,19)20/h1-7,14H,8H2. The van der Waals surface area contributed by atoms with Crippen LogP contribution in [0.15, 0.2) is 42.5 Å². The number of rotatable bonds is 3. The highest BCUT2D eigenvalue weighted by molar-refractivity contribution is 6.35. The third-order valence-electron chi connectivity index (χ3n) is 3.54. The number of fused-ring (bicyclic) bond motifs is 1. The normalized spacial score (nSPS) is 17.0. The van der Waals surface area contributed by atoms with Crippen LogP contribution in [0.3, 0.4) is 0 Å². The van der Waals surface area contributed by atoms with E-state index in [-0.39, 0.29) is 5.56 Å². The first-order valence-electron chi connectivity index (χ1n) is 6.52. The fourth-order valence-electron chi connectivity index (χ4n) is 2.54. The summed E-state index contributed by atoms with van der Waals surface area (Å²) in [7, 11) is 0. The molecule has 2 aromatic carbocycles. The molecule has 6 heteroatoms. The molecular weight excluding hydrogens is 333 g/mol. The maximum Gasteiger partial charge on any atom is 0.384 e. The lowest BCUT2D eigenvalue weighted by Gasteiger charge is -2.16. The van der Waals surface area contributed by atoms with E-state index >= 15 is 0 Å². The van der Waals surface area contributed by atoms with Gasteiger partial charge in [-0.2, -0.15) is 8.78 Å². The smallest absolute Gasteiger partial charge is 0.384 e. The highest BCUT2D eigenvalue weighted by Gasteiger charge is 2.39. The monoisotopic (exact) mass is 342 g/mol. The Kier molecular flexibility index (Phi) is 3.83. The van der Waals surface area contributed by atoms with Crippen LogP contribution in [0, 0.1) is 0 Å². The average molecular weight is 343 g/mol. The maximum absolute atomic E-state index is 13.1. The molecule has 1 atom stereocenters. The highest BCUT2D eigenvalue weighted by Crippen LogP contribution is 2.41. The zero-order valence-corrected chi connectivity index (χ0v) is 12.7. The zero-order chi connectivity index (χ0) is 15.9. The van der Waals surface area contributed by atoms with Gasteiger partial charge in [-0.25, -0.2) is 0 Å². The number of ketones is 1. The lowest BCUT2D eigenvalue weighted by atomic mass is 9.96. The molecule has 0 spiro atoms. The summed E-state index contributed by atoms with van der Waals surface area (Å²) in [5.41, 5.74) is 1.03. The van der Waals surface area contributed by atoms with Crippen molar-refractivity contribution in [3.63, 3.8) is 0 Å². The Morgan fingerprint density at radius 2 is 1.91 bits per heavy atom. The number of hydrogen-bond acceptors (Lipinski definition) is 2. The number of carbonyl (C=O) groups is 1. The molecule has 0 saturated carbocycles. The van der Waals surface area contributed by atoms with Crippen molar-refractivity contribution in [3.05, 3.63) is 64.2 Å². The molecule has 0 aliphatic carbocycles. The van der Waals surface area contributed by atoms with E-state index in [1.165, 1.54) is 12.1 Å². The van der Waals surface area contributed by atoms with E-state index in [9.17, 15) is 13.6 Å². The number of benzene rings is 2. The minimum absolute atomic E-state index is 0.142. The number of carbonyl (C=O) groups excluding carboxylic acids is 1. The molecular formula is C16H10Cl2F2O2. The molecule has 0 bridgehead atoms. The lowest BCUT2D eigenvalue weighted by Crippen LogP contribution is -2.24. The van der Waals surface area contributed by atoms with E-state index in [0.717, 1.165) is 5.56 Å². The van der Waals surface area contributed by atoms with Crippen molar-refractivity contribution >= 4 is 29.0 Å². The van der Waals surface area contributed by atoms with Crippen LogP contribution in [-0.4, -0.2) is 11.2 Å². The zero-order valence-electron chi connectivity index (χ0n) is 11.2. The summed E-state index contributed by atoms with van der Waals surface area (Å²) in [6, 6.07) is 11.3. The summed E-state index contributed by atoms with van der Waals surface area (Å²) in [5, 5.41) is -3.40. The number of ether oxygens (including phenoxy) is 1. The molecule has 0 N–H and O–H groups in total. The van der Waals surface area contributed by atoms with Gasteiger partial charge in [-0.15, -0.1) is 0 Å². The number of alkyl halides is 3. The van der Waals surface area contributed by atoms with Crippen LogP contribution in [-0.2, 0) is 6.42 Å². The predicted octanol–water partition coefficient (Wildman–Crippen LogP) is 5.03. The van der Waals surface area contributed by atoms with Gasteiger partial charge in [0.05, 0.1) is 0 Å². The molecule has 1 aliphatic rings. The molecule has 0 saturated heterocycles. The van der Waals surface area contributed by atoms with E-state index in [4.69, 9.17) is 27.9 Å². The second-order valence-corrected chi connectivity index (χ2v) is 5.82. The molecule has 0 amide bonds. The topological polar surface area (TPSA) is 26.3 Å². The molecule has 0 aromatic heterocycles. The Labute approximate surface area is 135 Å². The Bertz CT molecular complexity index is 741. The molecule has 1 aliphatic heterocycles. The Balaban J connectivity index is 1.99. The molecule has 114 valence electrons. The SMILES string of the molecule is O=C(c1ccccc1C1Cc2c(Cl)cccc2O1)C(F)(F)Cl. The second kappa shape index (κ2) is 5.52. The van der Waals surface area contributed by atoms with Crippen LogP contribution < -0.4 is 4.74 Å². The maximum atomic E-state index is 13.1. The Hall–Kier alpha value is -1.65. The molecule has 2 aromatic rings. The third kappa shape index (κ3) is 2.69. The average Bonchev–Trinajstić information content (AvgIpc) is 2.91. The fraction of sp³-hybridized carbons (Fsp3) is 0.188. The minimum atomic E-state index is -3.95. The molecule has 3 rings (SSSR count). The lowest BCUT2D eigenvalue weighted by molar-refractivity contribution is 0.0532. The molecule has 2 nitrogen and oxygen atoms in total. The largest absolute Gasteiger partial charge is 0.485 e. The fourth-order valence-corrected chi connectivity index (χ4v) is 2.88. The number of Topliss-reactive ketones (excluding diaryl/α,β-unsaturated/α-hetero) is 1. The van der Waals surface area contributed by atoms with Crippen molar-refractivity contribution in [2.24, 2.45) is 0 Å². The van der Waals surface area contributed by atoms with Crippen LogP contribution in [0.2, 0.25) is 5.02 Å². The molecule has 0 radical (unpaired) electrons. The van der Waals surface area contributed by atoms with Gasteiger partial charge in [-0.3, -0.25) is 4.79 Å².